The molecule has 2 rings (SSSR count). The van der Waals surface area contributed by atoms with E-state index in [4.69, 9.17) is 21.1 Å². The summed E-state index contributed by atoms with van der Waals surface area (Å²) in [6.07, 6.45) is 1.60. The Labute approximate surface area is 89.9 Å². The van der Waals surface area contributed by atoms with Gasteiger partial charge in [0, 0.05) is 19.3 Å². The molecule has 2 aromatic rings. The van der Waals surface area contributed by atoms with Crippen molar-refractivity contribution in [2.45, 2.75) is 0 Å². The first-order chi connectivity index (χ1) is 7.09. The van der Waals surface area contributed by atoms with Crippen LogP contribution in [0.4, 0.5) is 0 Å². The molecule has 0 radical (unpaired) electrons. The highest BCUT2D eigenvalue weighted by molar-refractivity contribution is 6.31. The Morgan fingerprint density at radius 1 is 1.67 bits per heavy atom. The van der Waals surface area contributed by atoms with E-state index in [-0.39, 0.29) is 11.0 Å². The fourth-order valence-corrected chi connectivity index (χ4v) is 1.52. The van der Waals surface area contributed by atoms with E-state index in [0.717, 1.165) is 0 Å². The van der Waals surface area contributed by atoms with Gasteiger partial charge >= 0.3 is 5.97 Å². The van der Waals surface area contributed by atoms with Crippen LogP contribution in [-0.2, 0) is 7.05 Å². The third kappa shape index (κ3) is 1.61. The number of nitrogens with zero attached hydrogens (tertiary/aromatic N) is 2. The fraction of sp³-hybridized carbons (Fsp3) is 0.111. The molecule has 2 heterocycles. The van der Waals surface area contributed by atoms with Crippen molar-refractivity contribution < 1.29 is 14.3 Å². The van der Waals surface area contributed by atoms with Crippen molar-refractivity contribution in [3.63, 3.8) is 0 Å². The van der Waals surface area contributed by atoms with Gasteiger partial charge in [-0.1, -0.05) is 0 Å². The number of aromatic carboxylic acids is 1. The van der Waals surface area contributed by atoms with Crippen LogP contribution < -0.4 is 0 Å². The van der Waals surface area contributed by atoms with Crippen LogP contribution in [0.5, 0.6) is 0 Å². The number of rotatable bonds is 2. The minimum atomic E-state index is -1.15. The lowest BCUT2D eigenvalue weighted by molar-refractivity contribution is 0.0662. The van der Waals surface area contributed by atoms with E-state index in [1.807, 2.05) is 0 Å². The average Bonchev–Trinajstić information content (AvgIpc) is 2.71. The van der Waals surface area contributed by atoms with E-state index in [0.29, 0.717) is 11.3 Å². The van der Waals surface area contributed by atoms with Gasteiger partial charge in [0.05, 0.1) is 11.3 Å². The Morgan fingerprint density at radius 3 is 2.87 bits per heavy atom. The largest absolute Gasteiger partial charge is 0.475 e. The van der Waals surface area contributed by atoms with Crippen LogP contribution in [0.2, 0.25) is 5.22 Å². The van der Waals surface area contributed by atoms with Gasteiger partial charge in [-0.2, -0.15) is 5.10 Å². The minimum absolute atomic E-state index is 0.0519. The number of carboxylic acids is 1. The third-order valence-electron chi connectivity index (χ3n) is 1.99. The van der Waals surface area contributed by atoms with Gasteiger partial charge in [-0.15, -0.1) is 0 Å². The van der Waals surface area contributed by atoms with E-state index < -0.39 is 5.97 Å². The molecule has 0 fully saturated rings. The van der Waals surface area contributed by atoms with Crippen molar-refractivity contribution in [2.24, 2.45) is 7.05 Å². The Hall–Kier alpha value is -1.75. The summed E-state index contributed by atoms with van der Waals surface area (Å²) in [4.78, 5) is 10.6. The van der Waals surface area contributed by atoms with Gasteiger partial charge in [-0.05, 0) is 17.7 Å². The molecular weight excluding hydrogens is 220 g/mol. The van der Waals surface area contributed by atoms with Gasteiger partial charge in [-0.25, -0.2) is 4.79 Å². The smallest absolute Gasteiger partial charge is 0.371 e. The molecule has 0 saturated heterocycles. The molecule has 0 unspecified atom stereocenters. The first kappa shape index (κ1) is 9.79. The molecule has 0 aliphatic carbocycles. The molecule has 0 aliphatic rings. The molecule has 0 spiro atoms. The Kier molecular flexibility index (Phi) is 2.24. The zero-order valence-electron chi connectivity index (χ0n) is 7.77. The number of hydrogen-bond acceptors (Lipinski definition) is 3. The topological polar surface area (TPSA) is 68.3 Å². The summed E-state index contributed by atoms with van der Waals surface area (Å²) in [7, 11) is 1.74. The van der Waals surface area contributed by atoms with E-state index in [2.05, 4.69) is 5.10 Å². The van der Waals surface area contributed by atoms with Crippen LogP contribution >= 0.6 is 11.6 Å². The Morgan fingerprint density at radius 2 is 2.40 bits per heavy atom. The standard InChI is InChI=1S/C9H7ClN2O3/c1-12-6(2-3-11-12)5-4-7(9(13)14)15-8(5)10/h2-4H,1H3,(H,13,14). The molecule has 0 amide bonds. The van der Waals surface area contributed by atoms with Gasteiger partial charge in [0.1, 0.15) is 0 Å². The molecule has 1 N–H and O–H groups in total. The maximum Gasteiger partial charge on any atom is 0.371 e. The SMILES string of the molecule is Cn1nccc1-c1cc(C(=O)O)oc1Cl. The van der Waals surface area contributed by atoms with Crippen molar-refractivity contribution in [3.05, 3.63) is 29.3 Å². The Bertz CT molecular complexity index is 515. The predicted molar refractivity (Wildman–Crippen MR) is 52.9 cm³/mol. The second-order valence-electron chi connectivity index (χ2n) is 2.94. The van der Waals surface area contributed by atoms with Gasteiger partial charge in [0.25, 0.3) is 0 Å². The van der Waals surface area contributed by atoms with Crippen LogP contribution in [0.15, 0.2) is 22.7 Å². The van der Waals surface area contributed by atoms with Gasteiger partial charge < -0.3 is 9.52 Å². The number of halogens is 1. The number of aryl methyl sites for hydroxylation is 1. The summed E-state index contributed by atoms with van der Waals surface area (Å²) in [5.41, 5.74) is 1.23. The maximum atomic E-state index is 10.6. The van der Waals surface area contributed by atoms with Crippen molar-refractivity contribution in [3.8, 4) is 11.3 Å². The number of furan rings is 1. The molecule has 6 heteroatoms. The molecule has 0 bridgehead atoms. The summed E-state index contributed by atoms with van der Waals surface area (Å²) in [6, 6.07) is 3.10. The van der Waals surface area contributed by atoms with Crippen molar-refractivity contribution >= 4 is 17.6 Å². The molecule has 78 valence electrons. The van der Waals surface area contributed by atoms with Crippen LogP contribution in [-0.4, -0.2) is 20.9 Å². The molecule has 0 saturated carbocycles. The number of hydrogen-bond donors (Lipinski definition) is 1. The molecule has 0 atom stereocenters. The fourth-order valence-electron chi connectivity index (χ4n) is 1.29. The van der Waals surface area contributed by atoms with Gasteiger partial charge in [0.2, 0.25) is 11.0 Å². The van der Waals surface area contributed by atoms with Crippen molar-refractivity contribution in [1.82, 2.24) is 9.78 Å². The maximum absolute atomic E-state index is 10.6. The molecule has 15 heavy (non-hydrogen) atoms. The second kappa shape index (κ2) is 3.43. The van der Waals surface area contributed by atoms with Crippen LogP contribution in [0.25, 0.3) is 11.3 Å². The monoisotopic (exact) mass is 226 g/mol. The lowest BCUT2D eigenvalue weighted by Crippen LogP contribution is -1.93. The first-order valence-corrected chi connectivity index (χ1v) is 4.48. The van der Waals surface area contributed by atoms with E-state index in [1.165, 1.54) is 6.07 Å². The van der Waals surface area contributed by atoms with Crippen molar-refractivity contribution in [1.29, 1.82) is 0 Å². The van der Waals surface area contributed by atoms with Gasteiger partial charge in [-0.3, -0.25) is 4.68 Å². The zero-order valence-corrected chi connectivity index (χ0v) is 8.52. The lowest BCUT2D eigenvalue weighted by atomic mass is 10.2. The highest BCUT2D eigenvalue weighted by Crippen LogP contribution is 2.30. The number of carboxylic acid groups (broad SMARTS) is 1. The average molecular weight is 227 g/mol. The van der Waals surface area contributed by atoms with Crippen LogP contribution in [0.1, 0.15) is 10.6 Å². The van der Waals surface area contributed by atoms with Crippen LogP contribution in [0, 0.1) is 0 Å². The predicted octanol–water partition coefficient (Wildman–Crippen LogP) is 2.03. The summed E-state index contributed by atoms with van der Waals surface area (Å²) in [5, 5.41) is 12.7. The van der Waals surface area contributed by atoms with Gasteiger partial charge in [0.15, 0.2) is 0 Å². The minimum Gasteiger partial charge on any atom is -0.475 e. The third-order valence-corrected chi connectivity index (χ3v) is 2.28. The summed E-state index contributed by atoms with van der Waals surface area (Å²) < 4.78 is 6.47. The molecule has 0 aromatic carbocycles. The first-order valence-electron chi connectivity index (χ1n) is 4.10. The normalized spacial score (nSPS) is 10.5. The second-order valence-corrected chi connectivity index (χ2v) is 3.29. The van der Waals surface area contributed by atoms with Crippen LogP contribution in [0.3, 0.4) is 0 Å². The number of aromatic nitrogens is 2. The molecule has 2 aromatic heterocycles. The molecule has 0 aliphatic heterocycles. The highest BCUT2D eigenvalue weighted by Gasteiger charge is 2.17. The molecular formula is C9H7ClN2O3. The summed E-state index contributed by atoms with van der Waals surface area (Å²) in [6.45, 7) is 0. The van der Waals surface area contributed by atoms with Crippen molar-refractivity contribution in [2.75, 3.05) is 0 Å². The zero-order chi connectivity index (χ0) is 11.0. The van der Waals surface area contributed by atoms with E-state index in [1.54, 1.807) is 24.0 Å². The van der Waals surface area contributed by atoms with E-state index in [9.17, 15) is 4.79 Å². The number of carbonyl (C=O) groups is 1. The molecule has 5 nitrogen and oxygen atoms in total. The van der Waals surface area contributed by atoms with E-state index >= 15 is 0 Å². The quantitative estimate of drug-likeness (QED) is 0.851. The summed E-state index contributed by atoms with van der Waals surface area (Å²) >= 11 is 5.78. The highest BCUT2D eigenvalue weighted by atomic mass is 35.5. The Balaban J connectivity index is 2.54. The summed E-state index contributed by atoms with van der Waals surface area (Å²) in [5.74, 6) is -1.33. The lowest BCUT2D eigenvalue weighted by Gasteiger charge is -1.96.